The first-order valence-corrected chi connectivity index (χ1v) is 6.59. The smallest absolute Gasteiger partial charge is 0.205 e. The number of fused-ring (bicyclic) bond motifs is 1. The zero-order chi connectivity index (χ0) is 11.3. The summed E-state index contributed by atoms with van der Waals surface area (Å²) < 4.78 is 5.77. The molecule has 88 valence electrons. The summed E-state index contributed by atoms with van der Waals surface area (Å²) in [5, 5.41) is 13.7. The predicted molar refractivity (Wildman–Crippen MR) is 63.7 cm³/mol. The van der Waals surface area contributed by atoms with Crippen molar-refractivity contribution in [2.45, 2.75) is 39.3 Å². The lowest BCUT2D eigenvalue weighted by Crippen LogP contribution is -2.63. The Morgan fingerprint density at radius 2 is 2.25 bits per heavy atom. The van der Waals surface area contributed by atoms with Crippen molar-refractivity contribution in [3.63, 3.8) is 0 Å². The lowest BCUT2D eigenvalue weighted by Gasteiger charge is -2.54. The molecule has 1 saturated heterocycles. The number of ether oxygens (including phenoxy) is 1. The molecule has 0 bridgehead atoms. The molecule has 0 unspecified atom stereocenters. The first-order chi connectivity index (χ1) is 7.59. The molecule has 1 aromatic heterocycles. The van der Waals surface area contributed by atoms with Gasteiger partial charge in [0.2, 0.25) is 5.13 Å². The Kier molecular flexibility index (Phi) is 2.23. The Labute approximate surface area is 99.4 Å². The van der Waals surface area contributed by atoms with Crippen molar-refractivity contribution in [2.24, 2.45) is 11.3 Å². The minimum atomic E-state index is 0.209. The summed E-state index contributed by atoms with van der Waals surface area (Å²) in [6.07, 6.45) is 1.60. The Hall–Kier alpha value is -0.680. The van der Waals surface area contributed by atoms with Crippen molar-refractivity contribution in [1.82, 2.24) is 10.2 Å². The van der Waals surface area contributed by atoms with Gasteiger partial charge in [-0.05, 0) is 13.3 Å². The van der Waals surface area contributed by atoms with Crippen LogP contribution in [-0.2, 0) is 4.74 Å². The van der Waals surface area contributed by atoms with E-state index < -0.39 is 0 Å². The van der Waals surface area contributed by atoms with Gasteiger partial charge in [-0.3, -0.25) is 0 Å². The number of anilines is 1. The SMILES string of the molecule is Cc1nnc(N[C@@H]2[C@@H]3CCO[C@H]3C2(C)C)s1. The van der Waals surface area contributed by atoms with Crippen LogP contribution < -0.4 is 5.32 Å². The van der Waals surface area contributed by atoms with Gasteiger partial charge in [0, 0.05) is 24.0 Å². The van der Waals surface area contributed by atoms with Crippen LogP contribution >= 0.6 is 11.3 Å². The first kappa shape index (κ1) is 10.5. The highest BCUT2D eigenvalue weighted by Crippen LogP contribution is 2.53. The molecule has 0 amide bonds. The number of hydrogen-bond donors (Lipinski definition) is 1. The van der Waals surface area contributed by atoms with Gasteiger partial charge < -0.3 is 10.1 Å². The Balaban J connectivity index is 1.75. The number of aromatic nitrogens is 2. The molecule has 2 heterocycles. The van der Waals surface area contributed by atoms with E-state index in [1.54, 1.807) is 11.3 Å². The van der Waals surface area contributed by atoms with E-state index in [1.807, 2.05) is 6.92 Å². The van der Waals surface area contributed by atoms with Crippen molar-refractivity contribution in [3.8, 4) is 0 Å². The molecular weight excluding hydrogens is 222 g/mol. The number of nitrogens with zero attached hydrogens (tertiary/aromatic N) is 2. The second-order valence-corrected chi connectivity index (χ2v) is 6.50. The second kappa shape index (κ2) is 3.40. The first-order valence-electron chi connectivity index (χ1n) is 5.77. The molecule has 1 N–H and O–H groups in total. The summed E-state index contributed by atoms with van der Waals surface area (Å²) in [6.45, 7) is 7.43. The minimum Gasteiger partial charge on any atom is -0.377 e. The molecule has 0 aromatic carbocycles. The summed E-state index contributed by atoms with van der Waals surface area (Å²) in [5.41, 5.74) is 0.209. The van der Waals surface area contributed by atoms with E-state index in [2.05, 4.69) is 29.4 Å². The normalized spacial score (nSPS) is 35.6. The maximum Gasteiger partial charge on any atom is 0.205 e. The highest BCUT2D eigenvalue weighted by Gasteiger charge is 2.59. The van der Waals surface area contributed by atoms with E-state index in [4.69, 9.17) is 4.74 Å². The highest BCUT2D eigenvalue weighted by atomic mass is 32.1. The molecule has 5 heteroatoms. The van der Waals surface area contributed by atoms with Crippen LogP contribution in [0.5, 0.6) is 0 Å². The van der Waals surface area contributed by atoms with Crippen LogP contribution in [0.15, 0.2) is 0 Å². The summed E-state index contributed by atoms with van der Waals surface area (Å²) in [5.74, 6) is 0.652. The molecular formula is C11H17N3OS. The van der Waals surface area contributed by atoms with Crippen molar-refractivity contribution in [1.29, 1.82) is 0 Å². The third-order valence-corrected chi connectivity index (χ3v) is 4.68. The van der Waals surface area contributed by atoms with Gasteiger partial charge in [-0.15, -0.1) is 10.2 Å². The van der Waals surface area contributed by atoms with Crippen LogP contribution in [0.2, 0.25) is 0 Å². The molecule has 0 spiro atoms. The predicted octanol–water partition coefficient (Wildman–Crippen LogP) is 2.07. The Morgan fingerprint density at radius 1 is 1.44 bits per heavy atom. The molecule has 16 heavy (non-hydrogen) atoms. The van der Waals surface area contributed by atoms with Gasteiger partial charge in [-0.2, -0.15) is 0 Å². The van der Waals surface area contributed by atoms with Crippen LogP contribution in [0.25, 0.3) is 0 Å². The van der Waals surface area contributed by atoms with Gasteiger partial charge in [0.1, 0.15) is 5.01 Å². The van der Waals surface area contributed by atoms with Gasteiger partial charge in [0.15, 0.2) is 0 Å². The fraction of sp³-hybridized carbons (Fsp3) is 0.818. The van der Waals surface area contributed by atoms with E-state index in [0.717, 1.165) is 16.7 Å². The molecule has 2 aliphatic rings. The monoisotopic (exact) mass is 239 g/mol. The zero-order valence-corrected chi connectivity index (χ0v) is 10.7. The van der Waals surface area contributed by atoms with Crippen LogP contribution in [0.4, 0.5) is 5.13 Å². The van der Waals surface area contributed by atoms with Crippen LogP contribution in [0.3, 0.4) is 0 Å². The van der Waals surface area contributed by atoms with Gasteiger partial charge in [0.05, 0.1) is 6.10 Å². The van der Waals surface area contributed by atoms with Crippen molar-refractivity contribution < 1.29 is 4.74 Å². The van der Waals surface area contributed by atoms with Crippen LogP contribution in [0, 0.1) is 18.3 Å². The summed E-state index contributed by atoms with van der Waals surface area (Å²) >= 11 is 1.63. The molecule has 0 radical (unpaired) electrons. The van der Waals surface area contributed by atoms with E-state index in [-0.39, 0.29) is 5.41 Å². The fourth-order valence-electron chi connectivity index (χ4n) is 3.11. The van der Waals surface area contributed by atoms with Crippen LogP contribution in [0.1, 0.15) is 25.3 Å². The second-order valence-electron chi connectivity index (χ2n) is 5.31. The number of nitrogens with one attached hydrogen (secondary N) is 1. The van der Waals surface area contributed by atoms with E-state index in [9.17, 15) is 0 Å². The number of rotatable bonds is 2. The van der Waals surface area contributed by atoms with Gasteiger partial charge in [-0.1, -0.05) is 25.2 Å². The highest BCUT2D eigenvalue weighted by molar-refractivity contribution is 7.15. The lowest BCUT2D eigenvalue weighted by atomic mass is 9.57. The van der Waals surface area contributed by atoms with E-state index in [0.29, 0.717) is 18.1 Å². The summed E-state index contributed by atoms with van der Waals surface area (Å²) in [7, 11) is 0. The minimum absolute atomic E-state index is 0.209. The van der Waals surface area contributed by atoms with E-state index >= 15 is 0 Å². The molecule has 4 nitrogen and oxygen atoms in total. The maximum absolute atomic E-state index is 5.77. The lowest BCUT2D eigenvalue weighted by molar-refractivity contribution is -0.0923. The van der Waals surface area contributed by atoms with Gasteiger partial charge in [0.25, 0.3) is 0 Å². The van der Waals surface area contributed by atoms with Gasteiger partial charge >= 0.3 is 0 Å². The third-order valence-electron chi connectivity index (χ3n) is 3.91. The fourth-order valence-corrected chi connectivity index (χ4v) is 3.73. The average molecular weight is 239 g/mol. The molecule has 3 rings (SSSR count). The number of hydrogen-bond acceptors (Lipinski definition) is 5. The molecule has 2 fully saturated rings. The zero-order valence-electron chi connectivity index (χ0n) is 9.86. The van der Waals surface area contributed by atoms with Crippen LogP contribution in [-0.4, -0.2) is 29.0 Å². The molecule has 1 aromatic rings. The van der Waals surface area contributed by atoms with E-state index in [1.165, 1.54) is 6.42 Å². The Morgan fingerprint density at radius 3 is 2.94 bits per heavy atom. The standard InChI is InChI=1S/C11H17N3OS/c1-6-13-14-10(16-6)12-8-7-4-5-15-9(7)11(8,2)3/h7-9H,4-5H2,1-3H3,(H,12,14)/t7-,8+,9+/m0/s1. The molecule has 1 aliphatic carbocycles. The molecule has 1 saturated carbocycles. The third kappa shape index (κ3) is 1.38. The largest absolute Gasteiger partial charge is 0.377 e. The quantitative estimate of drug-likeness (QED) is 0.858. The number of aryl methyl sites for hydroxylation is 1. The summed E-state index contributed by atoms with van der Waals surface area (Å²) in [6, 6.07) is 0.479. The maximum atomic E-state index is 5.77. The topological polar surface area (TPSA) is 47.0 Å². The molecule has 1 aliphatic heterocycles. The average Bonchev–Trinajstić information content (AvgIpc) is 2.81. The van der Waals surface area contributed by atoms with Crippen molar-refractivity contribution in [3.05, 3.63) is 5.01 Å². The molecule has 3 atom stereocenters. The summed E-state index contributed by atoms with van der Waals surface area (Å²) in [4.78, 5) is 0. The Bertz CT molecular complexity index is 404. The van der Waals surface area contributed by atoms with Crippen molar-refractivity contribution >= 4 is 16.5 Å². The van der Waals surface area contributed by atoms with Crippen molar-refractivity contribution in [2.75, 3.05) is 11.9 Å². The van der Waals surface area contributed by atoms with Gasteiger partial charge in [-0.25, -0.2) is 0 Å².